The maximum Gasteiger partial charge on any atom is 0.0208 e. The van der Waals surface area contributed by atoms with Crippen LogP contribution < -0.4 is 5.32 Å². The molecule has 0 amide bonds. The molecule has 0 fully saturated rings. The van der Waals surface area contributed by atoms with Crippen LogP contribution in [0.5, 0.6) is 0 Å². The van der Waals surface area contributed by atoms with Crippen LogP contribution in [0.1, 0.15) is 11.1 Å². The number of hydrogen-bond acceptors (Lipinski definition) is 1. The van der Waals surface area contributed by atoms with E-state index >= 15 is 0 Å². The van der Waals surface area contributed by atoms with E-state index in [2.05, 4.69) is 29.6 Å². The van der Waals surface area contributed by atoms with Crippen molar-refractivity contribution in [3.8, 4) is 0 Å². The van der Waals surface area contributed by atoms with E-state index < -0.39 is 0 Å². The molecule has 0 aromatic heterocycles. The first-order chi connectivity index (χ1) is 4.97. The van der Waals surface area contributed by atoms with Crippen LogP contribution in [0, 0.1) is 0 Å². The smallest absolute Gasteiger partial charge is 0.0208 e. The van der Waals surface area contributed by atoms with Crippen LogP contribution in [0.4, 0.5) is 4.70 Å². The Labute approximate surface area is 65.8 Å². The van der Waals surface area contributed by atoms with Crippen LogP contribution in [0.15, 0.2) is 24.3 Å². The van der Waals surface area contributed by atoms with Gasteiger partial charge in [-0.2, -0.15) is 0 Å². The molecule has 1 N–H and O–H groups in total. The number of halogens is 1. The normalized spacial score (nSPS) is 14.9. The van der Waals surface area contributed by atoms with E-state index in [4.69, 9.17) is 0 Å². The molecule has 2 heteroatoms. The second-order valence-electron chi connectivity index (χ2n) is 2.70. The first-order valence-corrected chi connectivity index (χ1v) is 3.74. The number of benzene rings is 1. The monoisotopic (exact) mass is 153 g/mol. The second kappa shape index (κ2) is 3.49. The van der Waals surface area contributed by atoms with Gasteiger partial charge in [0.2, 0.25) is 0 Å². The molecule has 1 aromatic carbocycles. The fourth-order valence-electron chi connectivity index (χ4n) is 1.42. The topological polar surface area (TPSA) is 12.0 Å². The van der Waals surface area contributed by atoms with E-state index in [0.29, 0.717) is 0 Å². The van der Waals surface area contributed by atoms with Crippen molar-refractivity contribution in [2.75, 3.05) is 6.54 Å². The highest BCUT2D eigenvalue weighted by Gasteiger charge is 2.05. The highest BCUT2D eigenvalue weighted by atomic mass is 19.0. The van der Waals surface area contributed by atoms with E-state index in [1.54, 1.807) is 0 Å². The summed E-state index contributed by atoms with van der Waals surface area (Å²) in [5.74, 6) is 0. The molecule has 60 valence electrons. The van der Waals surface area contributed by atoms with Crippen LogP contribution in [0.25, 0.3) is 0 Å². The van der Waals surface area contributed by atoms with Crippen LogP contribution >= 0.6 is 0 Å². The third-order valence-corrected chi connectivity index (χ3v) is 2.00. The minimum Gasteiger partial charge on any atom is -0.312 e. The van der Waals surface area contributed by atoms with Gasteiger partial charge in [-0.15, -0.1) is 0 Å². The lowest BCUT2D eigenvalue weighted by atomic mass is 10.0. The van der Waals surface area contributed by atoms with Gasteiger partial charge >= 0.3 is 0 Å². The Bertz CT molecular complexity index is 210. The molecular formula is C9H12FN. The molecule has 1 aliphatic rings. The Morgan fingerprint density at radius 3 is 2.55 bits per heavy atom. The van der Waals surface area contributed by atoms with Gasteiger partial charge in [-0.3, -0.25) is 4.70 Å². The number of hydrogen-bond donors (Lipinski definition) is 1. The molecular weight excluding hydrogens is 141 g/mol. The van der Waals surface area contributed by atoms with E-state index in [0.717, 1.165) is 13.1 Å². The fraction of sp³-hybridized carbons (Fsp3) is 0.333. The van der Waals surface area contributed by atoms with Gasteiger partial charge in [0, 0.05) is 6.54 Å². The van der Waals surface area contributed by atoms with Gasteiger partial charge in [-0.1, -0.05) is 24.3 Å². The molecule has 0 atom stereocenters. The standard InChI is InChI=1S/C9H11N.FH/c1-2-4-9-7-10-6-5-8(9)3-1;/h1-4,10H,5-7H2;1H. The van der Waals surface area contributed by atoms with E-state index in [1.807, 2.05) is 0 Å². The van der Waals surface area contributed by atoms with Gasteiger partial charge in [0.05, 0.1) is 0 Å². The lowest BCUT2D eigenvalue weighted by molar-refractivity contribution is 0.644. The predicted octanol–water partition coefficient (Wildman–Crippen LogP) is 1.48. The van der Waals surface area contributed by atoms with Gasteiger partial charge in [-0.05, 0) is 24.1 Å². The third-order valence-electron chi connectivity index (χ3n) is 2.00. The van der Waals surface area contributed by atoms with Gasteiger partial charge in [0.1, 0.15) is 0 Å². The summed E-state index contributed by atoms with van der Waals surface area (Å²) in [4.78, 5) is 0. The fourth-order valence-corrected chi connectivity index (χ4v) is 1.42. The summed E-state index contributed by atoms with van der Waals surface area (Å²) in [6.07, 6.45) is 1.19. The van der Waals surface area contributed by atoms with Gasteiger partial charge in [-0.25, -0.2) is 0 Å². The quantitative estimate of drug-likeness (QED) is 0.595. The van der Waals surface area contributed by atoms with Crippen molar-refractivity contribution >= 4 is 0 Å². The first kappa shape index (κ1) is 8.21. The molecule has 0 radical (unpaired) electrons. The largest absolute Gasteiger partial charge is 0.312 e. The first-order valence-electron chi connectivity index (χ1n) is 3.74. The van der Waals surface area contributed by atoms with E-state index in [9.17, 15) is 0 Å². The molecule has 1 nitrogen and oxygen atoms in total. The lowest BCUT2D eigenvalue weighted by Gasteiger charge is -2.15. The zero-order valence-electron chi connectivity index (χ0n) is 6.34. The average Bonchev–Trinajstić information content (AvgIpc) is 2.05. The Morgan fingerprint density at radius 2 is 1.82 bits per heavy atom. The van der Waals surface area contributed by atoms with Crippen LogP contribution in [-0.4, -0.2) is 6.54 Å². The van der Waals surface area contributed by atoms with Crippen LogP contribution in [-0.2, 0) is 13.0 Å². The molecule has 0 saturated carbocycles. The third kappa shape index (κ3) is 1.57. The highest BCUT2D eigenvalue weighted by molar-refractivity contribution is 5.28. The zero-order valence-corrected chi connectivity index (χ0v) is 6.34. The van der Waals surface area contributed by atoms with E-state index in [-0.39, 0.29) is 4.70 Å². The van der Waals surface area contributed by atoms with Gasteiger partial charge < -0.3 is 5.32 Å². The molecule has 11 heavy (non-hydrogen) atoms. The minimum absolute atomic E-state index is 0. The maximum absolute atomic E-state index is 3.34. The summed E-state index contributed by atoms with van der Waals surface area (Å²) in [5, 5.41) is 3.34. The summed E-state index contributed by atoms with van der Waals surface area (Å²) in [6.45, 7) is 2.19. The van der Waals surface area contributed by atoms with Crippen molar-refractivity contribution in [1.82, 2.24) is 5.32 Å². The summed E-state index contributed by atoms with van der Waals surface area (Å²) in [6, 6.07) is 8.63. The summed E-state index contributed by atoms with van der Waals surface area (Å²) < 4.78 is 0. The Hall–Kier alpha value is -0.890. The zero-order chi connectivity index (χ0) is 6.81. The Balaban J connectivity index is 0.000000605. The Kier molecular flexibility index (Phi) is 2.60. The molecule has 0 aliphatic carbocycles. The van der Waals surface area contributed by atoms with Gasteiger partial charge in [0.25, 0.3) is 0 Å². The van der Waals surface area contributed by atoms with Crippen molar-refractivity contribution in [3.63, 3.8) is 0 Å². The van der Waals surface area contributed by atoms with Crippen LogP contribution in [0.2, 0.25) is 0 Å². The maximum atomic E-state index is 3.34. The van der Waals surface area contributed by atoms with Gasteiger partial charge in [0.15, 0.2) is 0 Å². The van der Waals surface area contributed by atoms with Crippen molar-refractivity contribution < 1.29 is 4.70 Å². The molecule has 0 spiro atoms. The minimum atomic E-state index is 0. The molecule has 1 aliphatic heterocycles. The molecule has 1 heterocycles. The van der Waals surface area contributed by atoms with Crippen molar-refractivity contribution in [2.45, 2.75) is 13.0 Å². The molecule has 2 rings (SSSR count). The summed E-state index contributed by atoms with van der Waals surface area (Å²) in [7, 11) is 0. The molecule has 0 saturated heterocycles. The lowest BCUT2D eigenvalue weighted by Crippen LogP contribution is -2.23. The van der Waals surface area contributed by atoms with Crippen molar-refractivity contribution in [2.24, 2.45) is 0 Å². The summed E-state index contributed by atoms with van der Waals surface area (Å²) in [5.41, 5.74) is 2.98. The SMILES string of the molecule is F.c1ccc2c(c1)CCNC2. The predicted molar refractivity (Wildman–Crippen MR) is 44.4 cm³/mol. The molecule has 0 bridgehead atoms. The number of rotatable bonds is 0. The molecule has 0 unspecified atom stereocenters. The van der Waals surface area contributed by atoms with Crippen molar-refractivity contribution in [3.05, 3.63) is 35.4 Å². The van der Waals surface area contributed by atoms with Crippen molar-refractivity contribution in [1.29, 1.82) is 0 Å². The van der Waals surface area contributed by atoms with E-state index in [1.165, 1.54) is 17.5 Å². The van der Waals surface area contributed by atoms with Crippen LogP contribution in [0.3, 0.4) is 0 Å². The number of nitrogens with one attached hydrogen (secondary N) is 1. The highest BCUT2D eigenvalue weighted by Crippen LogP contribution is 2.11. The summed E-state index contributed by atoms with van der Waals surface area (Å²) >= 11 is 0. The second-order valence-corrected chi connectivity index (χ2v) is 2.70. The number of fused-ring (bicyclic) bond motifs is 1. The molecule has 1 aromatic rings. The Morgan fingerprint density at radius 1 is 1.09 bits per heavy atom. The average molecular weight is 153 g/mol.